The minimum atomic E-state index is -0.173. The van der Waals surface area contributed by atoms with E-state index in [0.29, 0.717) is 23.5 Å². The van der Waals surface area contributed by atoms with Crippen molar-refractivity contribution in [2.75, 3.05) is 27.4 Å². The molecule has 3 N–H and O–H groups in total. The SMILES string of the molecule is COCC(C)NC(=O)c1ccc(OC)c(C#CCN)c1. The number of hydrogen-bond acceptors (Lipinski definition) is 4. The lowest BCUT2D eigenvalue weighted by Gasteiger charge is -2.13. The fraction of sp³-hybridized carbons (Fsp3) is 0.400. The van der Waals surface area contributed by atoms with Gasteiger partial charge in [0.15, 0.2) is 0 Å². The lowest BCUT2D eigenvalue weighted by atomic mass is 10.1. The molecule has 0 bridgehead atoms. The van der Waals surface area contributed by atoms with Gasteiger partial charge in [0.1, 0.15) is 5.75 Å². The molecule has 0 aliphatic heterocycles. The van der Waals surface area contributed by atoms with Crippen molar-refractivity contribution in [3.05, 3.63) is 29.3 Å². The van der Waals surface area contributed by atoms with Crippen molar-refractivity contribution in [3.63, 3.8) is 0 Å². The predicted octanol–water partition coefficient (Wildman–Crippen LogP) is 0.770. The van der Waals surface area contributed by atoms with Crippen molar-refractivity contribution in [1.82, 2.24) is 5.32 Å². The number of carbonyl (C=O) groups is 1. The van der Waals surface area contributed by atoms with Crippen LogP contribution in [0.1, 0.15) is 22.8 Å². The minimum Gasteiger partial charge on any atom is -0.495 e. The Hall–Kier alpha value is -2.03. The minimum absolute atomic E-state index is 0.0619. The third-order valence-electron chi connectivity index (χ3n) is 2.58. The molecule has 0 heterocycles. The van der Waals surface area contributed by atoms with Gasteiger partial charge in [0.25, 0.3) is 5.91 Å². The van der Waals surface area contributed by atoms with Crippen LogP contribution in [0.15, 0.2) is 18.2 Å². The van der Waals surface area contributed by atoms with E-state index in [1.165, 1.54) is 0 Å². The summed E-state index contributed by atoms with van der Waals surface area (Å²) >= 11 is 0. The van der Waals surface area contributed by atoms with Crippen LogP contribution in [0.5, 0.6) is 5.75 Å². The molecule has 5 nitrogen and oxygen atoms in total. The second kappa shape index (κ2) is 8.20. The van der Waals surface area contributed by atoms with Crippen LogP contribution in [-0.2, 0) is 4.74 Å². The zero-order valence-electron chi connectivity index (χ0n) is 12.0. The first-order chi connectivity index (χ1) is 9.62. The molecular formula is C15H20N2O3. The highest BCUT2D eigenvalue weighted by Gasteiger charge is 2.11. The van der Waals surface area contributed by atoms with Crippen molar-refractivity contribution in [2.45, 2.75) is 13.0 Å². The van der Waals surface area contributed by atoms with E-state index < -0.39 is 0 Å². The van der Waals surface area contributed by atoms with Crippen LogP contribution in [-0.4, -0.2) is 39.3 Å². The van der Waals surface area contributed by atoms with Gasteiger partial charge >= 0.3 is 0 Å². The number of benzene rings is 1. The molecule has 0 aromatic heterocycles. The van der Waals surface area contributed by atoms with Gasteiger partial charge in [-0.15, -0.1) is 0 Å². The standard InChI is InChI=1S/C15H20N2O3/c1-11(10-19-2)17-15(18)13-6-7-14(20-3)12(9-13)5-4-8-16/h6-7,9,11H,8,10,16H2,1-3H3,(H,17,18). The fourth-order valence-corrected chi connectivity index (χ4v) is 1.69. The maximum absolute atomic E-state index is 12.1. The smallest absolute Gasteiger partial charge is 0.251 e. The summed E-state index contributed by atoms with van der Waals surface area (Å²) in [4.78, 5) is 12.1. The summed E-state index contributed by atoms with van der Waals surface area (Å²) in [5.74, 6) is 6.09. The number of methoxy groups -OCH3 is 2. The van der Waals surface area contributed by atoms with Gasteiger partial charge in [-0.05, 0) is 25.1 Å². The van der Waals surface area contributed by atoms with Crippen molar-refractivity contribution >= 4 is 5.91 Å². The van der Waals surface area contributed by atoms with E-state index in [1.807, 2.05) is 6.92 Å². The average molecular weight is 276 g/mol. The number of nitrogens with one attached hydrogen (secondary N) is 1. The first-order valence-electron chi connectivity index (χ1n) is 6.29. The first-order valence-corrected chi connectivity index (χ1v) is 6.29. The lowest BCUT2D eigenvalue weighted by molar-refractivity contribution is 0.0905. The Morgan fingerprint density at radius 3 is 2.80 bits per heavy atom. The van der Waals surface area contributed by atoms with Gasteiger partial charge in [-0.2, -0.15) is 0 Å². The summed E-state index contributed by atoms with van der Waals surface area (Å²) in [7, 11) is 3.15. The third kappa shape index (κ3) is 4.57. The number of hydrogen-bond donors (Lipinski definition) is 2. The summed E-state index contributed by atoms with van der Waals surface area (Å²) in [5, 5.41) is 2.84. The van der Waals surface area contributed by atoms with Crippen molar-refractivity contribution in [1.29, 1.82) is 0 Å². The normalized spacial score (nSPS) is 11.2. The van der Waals surface area contributed by atoms with Gasteiger partial charge in [-0.1, -0.05) is 11.8 Å². The molecule has 0 saturated heterocycles. The third-order valence-corrected chi connectivity index (χ3v) is 2.58. The Bertz CT molecular complexity index is 518. The highest BCUT2D eigenvalue weighted by atomic mass is 16.5. The molecule has 0 fully saturated rings. The van der Waals surface area contributed by atoms with Gasteiger partial charge in [0.2, 0.25) is 0 Å². The van der Waals surface area contributed by atoms with Crippen LogP contribution in [0.3, 0.4) is 0 Å². The molecular weight excluding hydrogens is 256 g/mol. The van der Waals surface area contributed by atoms with Gasteiger partial charge in [-0.25, -0.2) is 0 Å². The first kappa shape index (κ1) is 16.0. The van der Waals surface area contributed by atoms with E-state index in [1.54, 1.807) is 32.4 Å². The maximum atomic E-state index is 12.1. The molecule has 1 aromatic rings. The monoisotopic (exact) mass is 276 g/mol. The van der Waals surface area contributed by atoms with E-state index in [-0.39, 0.29) is 18.5 Å². The Kier molecular flexibility index (Phi) is 6.57. The molecule has 1 atom stereocenters. The van der Waals surface area contributed by atoms with Crippen LogP contribution in [0.2, 0.25) is 0 Å². The van der Waals surface area contributed by atoms with Crippen LogP contribution in [0, 0.1) is 11.8 Å². The van der Waals surface area contributed by atoms with Gasteiger partial charge in [0, 0.05) is 18.7 Å². The Labute approximate surface area is 119 Å². The molecule has 1 unspecified atom stereocenters. The quantitative estimate of drug-likeness (QED) is 0.779. The maximum Gasteiger partial charge on any atom is 0.251 e. The van der Waals surface area contributed by atoms with E-state index in [2.05, 4.69) is 17.2 Å². The Morgan fingerprint density at radius 1 is 1.45 bits per heavy atom. The largest absolute Gasteiger partial charge is 0.495 e. The van der Waals surface area contributed by atoms with Crippen molar-refractivity contribution in [2.24, 2.45) is 5.73 Å². The molecule has 0 aliphatic carbocycles. The predicted molar refractivity (Wildman–Crippen MR) is 77.7 cm³/mol. The van der Waals surface area contributed by atoms with Crippen molar-refractivity contribution < 1.29 is 14.3 Å². The van der Waals surface area contributed by atoms with Crippen LogP contribution < -0.4 is 15.8 Å². The van der Waals surface area contributed by atoms with Gasteiger partial charge in [0.05, 0.1) is 25.8 Å². The van der Waals surface area contributed by atoms with Gasteiger partial charge in [-0.3, -0.25) is 4.79 Å². The van der Waals surface area contributed by atoms with E-state index >= 15 is 0 Å². The number of rotatable bonds is 5. The summed E-state index contributed by atoms with van der Waals surface area (Å²) < 4.78 is 10.2. The van der Waals surface area contributed by atoms with Gasteiger partial charge < -0.3 is 20.5 Å². The summed E-state index contributed by atoms with van der Waals surface area (Å²) in [6.45, 7) is 2.59. The Balaban J connectivity index is 2.93. The zero-order valence-corrected chi connectivity index (χ0v) is 12.0. The van der Waals surface area contributed by atoms with E-state index in [9.17, 15) is 4.79 Å². The van der Waals surface area contributed by atoms with Crippen LogP contribution in [0.25, 0.3) is 0 Å². The number of nitrogens with two attached hydrogens (primary N) is 1. The number of carbonyl (C=O) groups excluding carboxylic acids is 1. The highest BCUT2D eigenvalue weighted by molar-refractivity contribution is 5.95. The molecule has 0 spiro atoms. The summed E-state index contributed by atoms with van der Waals surface area (Å²) in [6, 6.07) is 5.04. The summed E-state index contributed by atoms with van der Waals surface area (Å²) in [5.41, 5.74) is 6.52. The average Bonchev–Trinajstić information content (AvgIpc) is 2.44. The number of amides is 1. The van der Waals surface area contributed by atoms with Crippen LogP contribution >= 0.6 is 0 Å². The molecule has 1 amide bonds. The topological polar surface area (TPSA) is 73.6 Å². The lowest BCUT2D eigenvalue weighted by Crippen LogP contribution is -2.35. The zero-order chi connectivity index (χ0) is 15.0. The van der Waals surface area contributed by atoms with Crippen LogP contribution in [0.4, 0.5) is 0 Å². The van der Waals surface area contributed by atoms with E-state index in [4.69, 9.17) is 15.2 Å². The second-order valence-electron chi connectivity index (χ2n) is 4.25. The molecule has 0 aliphatic rings. The molecule has 20 heavy (non-hydrogen) atoms. The second-order valence-corrected chi connectivity index (χ2v) is 4.25. The van der Waals surface area contributed by atoms with E-state index in [0.717, 1.165) is 0 Å². The molecule has 0 radical (unpaired) electrons. The number of ether oxygens (including phenoxy) is 2. The highest BCUT2D eigenvalue weighted by Crippen LogP contribution is 2.18. The Morgan fingerprint density at radius 2 is 2.20 bits per heavy atom. The molecule has 5 heteroatoms. The van der Waals surface area contributed by atoms with Crippen molar-refractivity contribution in [3.8, 4) is 17.6 Å². The molecule has 0 saturated carbocycles. The molecule has 108 valence electrons. The fourth-order valence-electron chi connectivity index (χ4n) is 1.69. The summed E-state index contributed by atoms with van der Waals surface area (Å²) in [6.07, 6.45) is 0. The molecule has 1 aromatic carbocycles. The molecule has 1 rings (SSSR count).